The summed E-state index contributed by atoms with van der Waals surface area (Å²) < 4.78 is 2.84. The maximum Gasteiger partial charge on any atom is 0.331 e. The number of fused-ring (bicyclic) bond motifs is 1. The maximum atomic E-state index is 12.8. The molecule has 22 heavy (non-hydrogen) atoms. The summed E-state index contributed by atoms with van der Waals surface area (Å²) in [6, 6.07) is 4.83. The van der Waals surface area contributed by atoms with Gasteiger partial charge in [0.15, 0.2) is 5.78 Å². The molecule has 0 radical (unpaired) electrons. The minimum absolute atomic E-state index is 0.0853. The number of nitrogens with one attached hydrogen (secondary N) is 1. The molecule has 6 heteroatoms. The lowest BCUT2D eigenvalue weighted by molar-refractivity contribution is 0.101. The van der Waals surface area contributed by atoms with Gasteiger partial charge in [-0.25, -0.2) is 4.79 Å². The fourth-order valence-corrected chi connectivity index (χ4v) is 3.09. The minimum Gasteiger partial charge on any atom is -0.317 e. The molecule has 0 unspecified atom stereocenters. The monoisotopic (exact) mass is 301 g/mol. The minimum atomic E-state index is -0.298. The van der Waals surface area contributed by atoms with E-state index in [0.717, 1.165) is 25.9 Å². The molecule has 1 saturated heterocycles. The van der Waals surface area contributed by atoms with Crippen LogP contribution in [0.4, 0.5) is 0 Å². The number of hydrogen-bond donors (Lipinski definition) is 1. The Bertz CT molecular complexity index is 857. The highest BCUT2D eigenvalue weighted by Crippen LogP contribution is 2.17. The van der Waals surface area contributed by atoms with E-state index in [2.05, 4.69) is 5.32 Å². The maximum absolute atomic E-state index is 12.8. The molecule has 116 valence electrons. The van der Waals surface area contributed by atoms with Gasteiger partial charge in [-0.05, 0) is 51.1 Å². The van der Waals surface area contributed by atoms with Crippen molar-refractivity contribution in [1.82, 2.24) is 14.5 Å². The van der Waals surface area contributed by atoms with E-state index in [1.54, 1.807) is 25.2 Å². The second-order valence-corrected chi connectivity index (χ2v) is 5.79. The van der Waals surface area contributed by atoms with Gasteiger partial charge in [0.2, 0.25) is 0 Å². The molecule has 0 atom stereocenters. The molecular formula is C16H19N3O3. The van der Waals surface area contributed by atoms with Crippen molar-refractivity contribution >= 4 is 16.7 Å². The van der Waals surface area contributed by atoms with E-state index in [1.807, 2.05) is 0 Å². The number of piperidine rings is 1. The van der Waals surface area contributed by atoms with Crippen LogP contribution in [-0.4, -0.2) is 28.0 Å². The van der Waals surface area contributed by atoms with Gasteiger partial charge in [-0.1, -0.05) is 0 Å². The van der Waals surface area contributed by atoms with E-state index in [-0.39, 0.29) is 23.1 Å². The first-order valence-corrected chi connectivity index (χ1v) is 7.47. The Balaban J connectivity index is 2.30. The lowest BCUT2D eigenvalue weighted by Gasteiger charge is -2.25. The molecule has 2 heterocycles. The van der Waals surface area contributed by atoms with Gasteiger partial charge in [-0.15, -0.1) is 0 Å². The van der Waals surface area contributed by atoms with Gasteiger partial charge in [0.1, 0.15) is 0 Å². The summed E-state index contributed by atoms with van der Waals surface area (Å²) in [6.45, 7) is 3.06. The van der Waals surface area contributed by atoms with Crippen LogP contribution in [-0.2, 0) is 7.05 Å². The number of nitrogens with zero attached hydrogens (tertiary/aromatic N) is 2. The molecule has 1 aliphatic rings. The fourth-order valence-electron chi connectivity index (χ4n) is 3.09. The Morgan fingerprint density at radius 2 is 1.91 bits per heavy atom. The van der Waals surface area contributed by atoms with Gasteiger partial charge in [-0.2, -0.15) is 0 Å². The van der Waals surface area contributed by atoms with Gasteiger partial charge < -0.3 is 5.32 Å². The van der Waals surface area contributed by atoms with Crippen molar-refractivity contribution in [2.75, 3.05) is 13.1 Å². The van der Waals surface area contributed by atoms with Gasteiger partial charge in [-0.3, -0.25) is 18.7 Å². The lowest BCUT2D eigenvalue weighted by Crippen LogP contribution is -2.44. The first kappa shape index (κ1) is 14.7. The SMILES string of the molecule is CC(=O)c1ccc2c(c1)c(=O)n(C1CCNCC1)c(=O)n2C. The van der Waals surface area contributed by atoms with E-state index in [9.17, 15) is 14.4 Å². The first-order valence-electron chi connectivity index (χ1n) is 7.47. The number of Topliss-reactive ketones (excluding diaryl/α,β-unsaturated/α-hetero) is 1. The third-order valence-electron chi connectivity index (χ3n) is 4.38. The van der Waals surface area contributed by atoms with Gasteiger partial charge >= 0.3 is 5.69 Å². The number of aryl methyl sites for hydroxylation is 1. The molecule has 1 N–H and O–H groups in total. The summed E-state index contributed by atoms with van der Waals surface area (Å²) in [7, 11) is 1.66. The molecule has 3 rings (SSSR count). The zero-order chi connectivity index (χ0) is 15.9. The Labute approximate surface area is 127 Å². The van der Waals surface area contributed by atoms with E-state index in [0.29, 0.717) is 16.5 Å². The zero-order valence-electron chi connectivity index (χ0n) is 12.8. The summed E-state index contributed by atoms with van der Waals surface area (Å²) in [5, 5.41) is 3.65. The van der Waals surface area contributed by atoms with Crippen LogP contribution in [0.15, 0.2) is 27.8 Å². The predicted octanol–water partition coefficient (Wildman–Crippen LogP) is 0.827. The summed E-state index contributed by atoms with van der Waals surface area (Å²) in [6.07, 6.45) is 1.51. The van der Waals surface area contributed by atoms with Crippen LogP contribution >= 0.6 is 0 Å². The van der Waals surface area contributed by atoms with Crippen LogP contribution < -0.4 is 16.6 Å². The van der Waals surface area contributed by atoms with Gasteiger partial charge in [0, 0.05) is 18.7 Å². The number of rotatable bonds is 2. The van der Waals surface area contributed by atoms with E-state index < -0.39 is 0 Å². The van der Waals surface area contributed by atoms with Crippen molar-refractivity contribution in [3.63, 3.8) is 0 Å². The largest absolute Gasteiger partial charge is 0.331 e. The topological polar surface area (TPSA) is 73.1 Å². The standard InChI is InChI=1S/C16H19N3O3/c1-10(20)11-3-4-14-13(9-11)15(21)19(16(22)18(14)2)12-5-7-17-8-6-12/h3-4,9,12,17H,5-8H2,1-2H3. The van der Waals surface area contributed by atoms with Gasteiger partial charge in [0.05, 0.1) is 10.9 Å². The van der Waals surface area contributed by atoms with Crippen molar-refractivity contribution in [3.8, 4) is 0 Å². The van der Waals surface area contributed by atoms with Crippen molar-refractivity contribution < 1.29 is 4.79 Å². The molecule has 0 spiro atoms. The van der Waals surface area contributed by atoms with Crippen molar-refractivity contribution in [2.45, 2.75) is 25.8 Å². The van der Waals surface area contributed by atoms with Crippen LogP contribution in [0.25, 0.3) is 10.9 Å². The van der Waals surface area contributed by atoms with Crippen LogP contribution in [0.2, 0.25) is 0 Å². The summed E-state index contributed by atoms with van der Waals surface area (Å²) in [5.41, 5.74) is 0.457. The number of ketones is 1. The summed E-state index contributed by atoms with van der Waals surface area (Å²) >= 11 is 0. The molecule has 1 fully saturated rings. The van der Waals surface area contributed by atoms with Crippen molar-refractivity contribution in [1.29, 1.82) is 0 Å². The summed E-state index contributed by atoms with van der Waals surface area (Å²) in [5.74, 6) is -0.0939. The molecule has 0 saturated carbocycles. The van der Waals surface area contributed by atoms with E-state index >= 15 is 0 Å². The third kappa shape index (κ3) is 2.29. The second kappa shape index (κ2) is 5.53. The molecule has 0 bridgehead atoms. The summed E-state index contributed by atoms with van der Waals surface area (Å²) in [4.78, 5) is 36.9. The number of benzene rings is 1. The fraction of sp³-hybridized carbons (Fsp3) is 0.438. The van der Waals surface area contributed by atoms with Gasteiger partial charge in [0.25, 0.3) is 5.56 Å². The van der Waals surface area contributed by atoms with Crippen molar-refractivity contribution in [3.05, 3.63) is 44.6 Å². The normalized spacial score (nSPS) is 16.1. The lowest BCUT2D eigenvalue weighted by atomic mass is 10.1. The molecule has 2 aromatic rings. The number of carbonyl (C=O) groups is 1. The van der Waals surface area contributed by atoms with Crippen molar-refractivity contribution in [2.24, 2.45) is 7.05 Å². The van der Waals surface area contributed by atoms with Crippen LogP contribution in [0.1, 0.15) is 36.2 Å². The van der Waals surface area contributed by atoms with E-state index in [4.69, 9.17) is 0 Å². The molecule has 6 nitrogen and oxygen atoms in total. The number of aromatic nitrogens is 2. The second-order valence-electron chi connectivity index (χ2n) is 5.79. The molecule has 1 aliphatic heterocycles. The predicted molar refractivity (Wildman–Crippen MR) is 84.6 cm³/mol. The zero-order valence-corrected chi connectivity index (χ0v) is 12.8. The Kier molecular flexibility index (Phi) is 3.70. The Morgan fingerprint density at radius 3 is 2.55 bits per heavy atom. The highest BCUT2D eigenvalue weighted by molar-refractivity contribution is 5.97. The average molecular weight is 301 g/mol. The van der Waals surface area contributed by atoms with E-state index in [1.165, 1.54) is 16.1 Å². The first-order chi connectivity index (χ1) is 10.5. The van der Waals surface area contributed by atoms with Crippen LogP contribution in [0.5, 0.6) is 0 Å². The highest BCUT2D eigenvalue weighted by Gasteiger charge is 2.21. The third-order valence-corrected chi connectivity index (χ3v) is 4.38. The molecule has 0 aliphatic carbocycles. The molecule has 0 amide bonds. The Morgan fingerprint density at radius 1 is 1.23 bits per heavy atom. The number of carbonyl (C=O) groups excluding carboxylic acids is 1. The van der Waals surface area contributed by atoms with Crippen LogP contribution in [0, 0.1) is 0 Å². The molecular weight excluding hydrogens is 282 g/mol. The highest BCUT2D eigenvalue weighted by atomic mass is 16.2. The smallest absolute Gasteiger partial charge is 0.317 e. The quantitative estimate of drug-likeness (QED) is 0.834. The van der Waals surface area contributed by atoms with Crippen LogP contribution in [0.3, 0.4) is 0 Å². The number of hydrogen-bond acceptors (Lipinski definition) is 4. The molecule has 1 aromatic carbocycles. The Hall–Kier alpha value is -2.21. The average Bonchev–Trinajstić information content (AvgIpc) is 2.53. The molecule has 1 aromatic heterocycles.